The molecule has 0 spiro atoms. The van der Waals surface area contributed by atoms with Crippen molar-refractivity contribution in [3.05, 3.63) is 37.8 Å². The Balaban J connectivity index is 3.57. The summed E-state index contributed by atoms with van der Waals surface area (Å²) in [7, 11) is 0.928. The van der Waals surface area contributed by atoms with E-state index >= 15 is 0 Å². The van der Waals surface area contributed by atoms with Crippen LogP contribution in [0.4, 0.5) is 14.5 Å². The molecule has 0 unspecified atom stereocenters. The lowest BCUT2D eigenvalue weighted by Gasteiger charge is -2.05. The third kappa shape index (κ3) is 2.27. The topological polar surface area (TPSA) is 102 Å². The summed E-state index contributed by atoms with van der Waals surface area (Å²) in [5.41, 5.74) is -4.64. The number of nitrogens with zero attached hydrogens (tertiary/aromatic N) is 1. The van der Waals surface area contributed by atoms with Crippen molar-refractivity contribution >= 4 is 11.7 Å². The minimum atomic E-state index is -3.33. The Kier molecular flexibility index (Phi) is 3.51. The molecule has 0 amide bonds. The van der Waals surface area contributed by atoms with Gasteiger partial charge in [-0.1, -0.05) is 0 Å². The fourth-order valence-electron chi connectivity index (χ4n) is 1.15. The van der Waals surface area contributed by atoms with Crippen molar-refractivity contribution in [1.82, 2.24) is 4.98 Å². The third-order valence-corrected chi connectivity index (χ3v) is 1.90. The van der Waals surface area contributed by atoms with E-state index in [0.717, 1.165) is 7.11 Å². The number of nitro groups is 1. The van der Waals surface area contributed by atoms with Gasteiger partial charge in [0, 0.05) is 0 Å². The van der Waals surface area contributed by atoms with Gasteiger partial charge in [-0.2, -0.15) is 0 Å². The maximum Gasteiger partial charge on any atom is 0.355 e. The molecule has 0 bridgehead atoms. The molecule has 92 valence electrons. The molecule has 0 saturated heterocycles. The van der Waals surface area contributed by atoms with E-state index in [0.29, 0.717) is 6.20 Å². The number of H-pyrrole nitrogens is 1. The maximum absolute atomic E-state index is 12.6. The molecular weight excluding hydrogens is 242 g/mol. The first-order valence-electron chi connectivity index (χ1n) is 4.16. The van der Waals surface area contributed by atoms with Crippen molar-refractivity contribution in [3.63, 3.8) is 0 Å². The second-order valence-electron chi connectivity index (χ2n) is 2.84. The zero-order valence-corrected chi connectivity index (χ0v) is 8.40. The molecule has 0 saturated carbocycles. The second kappa shape index (κ2) is 4.68. The van der Waals surface area contributed by atoms with Gasteiger partial charge in [0.25, 0.3) is 11.9 Å². The molecule has 1 heterocycles. The Morgan fingerprint density at radius 2 is 2.18 bits per heavy atom. The smallest absolute Gasteiger partial charge is 0.355 e. The van der Waals surface area contributed by atoms with Crippen molar-refractivity contribution < 1.29 is 23.2 Å². The number of carbonyl (C=O) groups excluding carboxylic acids is 1. The second-order valence-corrected chi connectivity index (χ2v) is 2.84. The van der Waals surface area contributed by atoms with Crippen LogP contribution >= 0.6 is 0 Å². The number of hydrogen-bond acceptors (Lipinski definition) is 5. The number of nitrogens with one attached hydrogen (secondary N) is 1. The number of pyridine rings is 1. The Morgan fingerprint density at radius 3 is 2.59 bits per heavy atom. The summed E-state index contributed by atoms with van der Waals surface area (Å²) >= 11 is 0. The first-order chi connectivity index (χ1) is 7.90. The predicted octanol–water partition coefficient (Wildman–Crippen LogP) is 1.01. The highest BCUT2D eigenvalue weighted by molar-refractivity contribution is 5.89. The molecule has 0 fully saturated rings. The van der Waals surface area contributed by atoms with Gasteiger partial charge in [-0.15, -0.1) is 0 Å². The van der Waals surface area contributed by atoms with Crippen LogP contribution in [0.2, 0.25) is 0 Å². The van der Waals surface area contributed by atoms with Crippen LogP contribution in [0.3, 0.4) is 0 Å². The number of hydrogen-bond donors (Lipinski definition) is 1. The summed E-state index contributed by atoms with van der Waals surface area (Å²) in [6.45, 7) is 0. The first kappa shape index (κ1) is 12.7. The van der Waals surface area contributed by atoms with Crippen LogP contribution in [0.5, 0.6) is 0 Å². The van der Waals surface area contributed by atoms with Crippen LogP contribution in [-0.4, -0.2) is 23.0 Å². The quantitative estimate of drug-likeness (QED) is 0.488. The molecule has 1 aromatic heterocycles. The zero-order valence-electron chi connectivity index (χ0n) is 8.40. The van der Waals surface area contributed by atoms with Crippen LogP contribution in [0.15, 0.2) is 11.0 Å². The largest absolute Gasteiger partial charge is 0.464 e. The van der Waals surface area contributed by atoms with E-state index in [1.165, 1.54) is 0 Å². The van der Waals surface area contributed by atoms with E-state index < -0.39 is 39.7 Å². The third-order valence-electron chi connectivity index (χ3n) is 1.90. The van der Waals surface area contributed by atoms with Gasteiger partial charge in [0.1, 0.15) is 11.3 Å². The number of esters is 1. The molecule has 1 rings (SSSR count). The van der Waals surface area contributed by atoms with E-state index in [4.69, 9.17) is 0 Å². The van der Waals surface area contributed by atoms with E-state index in [2.05, 4.69) is 4.74 Å². The van der Waals surface area contributed by atoms with Gasteiger partial charge in [0.15, 0.2) is 0 Å². The van der Waals surface area contributed by atoms with Crippen LogP contribution in [-0.2, 0) is 4.74 Å². The van der Waals surface area contributed by atoms with Crippen molar-refractivity contribution in [2.75, 3.05) is 7.11 Å². The minimum Gasteiger partial charge on any atom is -0.464 e. The number of aromatic amines is 1. The number of halogens is 2. The van der Waals surface area contributed by atoms with Gasteiger partial charge in [0.2, 0.25) is 0 Å². The fraction of sp³-hybridized carbons (Fsp3) is 0.250. The summed E-state index contributed by atoms with van der Waals surface area (Å²) in [5, 5.41) is 10.4. The van der Waals surface area contributed by atoms with Crippen LogP contribution in [0.1, 0.15) is 22.5 Å². The average Bonchev–Trinajstić information content (AvgIpc) is 2.26. The highest BCUT2D eigenvalue weighted by Gasteiger charge is 2.28. The number of ether oxygens (including phenoxy) is 1. The number of aromatic nitrogens is 1. The summed E-state index contributed by atoms with van der Waals surface area (Å²) < 4.78 is 29.3. The SMILES string of the molecule is COC(=O)c1[nH]cc([N+](=O)[O-])c(=O)c1C(F)F. The van der Waals surface area contributed by atoms with Crippen molar-refractivity contribution in [3.8, 4) is 0 Å². The van der Waals surface area contributed by atoms with E-state index in [1.54, 1.807) is 0 Å². The molecule has 7 nitrogen and oxygen atoms in total. The van der Waals surface area contributed by atoms with E-state index in [-0.39, 0.29) is 0 Å². The summed E-state index contributed by atoms with van der Waals surface area (Å²) in [5.74, 6) is -1.20. The first-order valence-corrected chi connectivity index (χ1v) is 4.16. The number of carbonyl (C=O) groups is 1. The summed E-state index contributed by atoms with van der Waals surface area (Å²) in [4.78, 5) is 33.6. The van der Waals surface area contributed by atoms with Crippen LogP contribution in [0.25, 0.3) is 0 Å². The van der Waals surface area contributed by atoms with Crippen molar-refractivity contribution in [2.45, 2.75) is 6.43 Å². The molecular formula is C8H6F2N2O5. The standard InChI is InChI=1S/C8H6F2N2O5/c1-17-8(14)5-4(7(9)10)6(13)3(2-11-5)12(15)16/h2,7H,1H3,(H,11,13). The Bertz CT molecular complexity index is 525. The number of methoxy groups -OCH3 is 1. The lowest BCUT2D eigenvalue weighted by Crippen LogP contribution is -2.21. The highest BCUT2D eigenvalue weighted by atomic mass is 19.3. The summed E-state index contributed by atoms with van der Waals surface area (Å²) in [6, 6.07) is 0. The molecule has 9 heteroatoms. The van der Waals surface area contributed by atoms with Gasteiger partial charge in [-0.25, -0.2) is 13.6 Å². The van der Waals surface area contributed by atoms with Crippen molar-refractivity contribution in [2.24, 2.45) is 0 Å². The number of rotatable bonds is 3. The molecule has 1 N–H and O–H groups in total. The predicted molar refractivity (Wildman–Crippen MR) is 50.0 cm³/mol. The van der Waals surface area contributed by atoms with Gasteiger partial charge in [-0.05, 0) is 0 Å². The fourth-order valence-corrected chi connectivity index (χ4v) is 1.15. The minimum absolute atomic E-state index is 0.570. The Hall–Kier alpha value is -2.32. The Morgan fingerprint density at radius 1 is 1.59 bits per heavy atom. The summed E-state index contributed by atoms with van der Waals surface area (Å²) in [6.07, 6.45) is -2.76. The van der Waals surface area contributed by atoms with E-state index in [1.807, 2.05) is 4.98 Å². The van der Waals surface area contributed by atoms with Gasteiger partial charge >= 0.3 is 11.7 Å². The van der Waals surface area contributed by atoms with Crippen LogP contribution < -0.4 is 5.43 Å². The molecule has 0 aliphatic carbocycles. The normalized spacial score (nSPS) is 10.4. The maximum atomic E-state index is 12.6. The number of alkyl halides is 2. The molecule has 0 radical (unpaired) electrons. The van der Waals surface area contributed by atoms with Crippen LogP contribution in [0, 0.1) is 10.1 Å². The van der Waals surface area contributed by atoms with Gasteiger partial charge < -0.3 is 9.72 Å². The molecule has 0 atom stereocenters. The monoisotopic (exact) mass is 248 g/mol. The molecule has 1 aromatic rings. The zero-order chi connectivity index (χ0) is 13.2. The molecule has 17 heavy (non-hydrogen) atoms. The molecule has 0 aromatic carbocycles. The lowest BCUT2D eigenvalue weighted by molar-refractivity contribution is -0.386. The molecule has 0 aliphatic rings. The van der Waals surface area contributed by atoms with Gasteiger partial charge in [-0.3, -0.25) is 14.9 Å². The highest BCUT2D eigenvalue weighted by Crippen LogP contribution is 2.20. The van der Waals surface area contributed by atoms with E-state index in [9.17, 15) is 28.5 Å². The average molecular weight is 248 g/mol. The van der Waals surface area contributed by atoms with Crippen molar-refractivity contribution in [1.29, 1.82) is 0 Å². The Labute approximate surface area is 92.2 Å². The van der Waals surface area contributed by atoms with Gasteiger partial charge in [0.05, 0.1) is 18.2 Å². The lowest BCUT2D eigenvalue weighted by atomic mass is 10.1. The molecule has 0 aliphatic heterocycles.